The van der Waals surface area contributed by atoms with Gasteiger partial charge >= 0.3 is 0 Å². The molecule has 0 aromatic heterocycles. The molecule has 1 aromatic carbocycles. The van der Waals surface area contributed by atoms with Gasteiger partial charge < -0.3 is 5.32 Å². The maximum absolute atomic E-state index is 3.84. The molecule has 1 nitrogen and oxygen atoms in total. The molecular weight excluding hydrogens is 310 g/mol. The van der Waals surface area contributed by atoms with Crippen LogP contribution in [0.3, 0.4) is 0 Å². The van der Waals surface area contributed by atoms with Crippen molar-refractivity contribution in [3.8, 4) is 0 Å². The molecule has 1 aromatic rings. The third kappa shape index (κ3) is 2.82. The number of fused-ring (bicyclic) bond motifs is 1. The Labute approximate surface area is 131 Å². The van der Waals surface area contributed by atoms with E-state index in [1.807, 2.05) is 0 Å². The van der Waals surface area contributed by atoms with Crippen molar-refractivity contribution in [2.24, 2.45) is 17.8 Å². The van der Waals surface area contributed by atoms with E-state index in [4.69, 9.17) is 0 Å². The summed E-state index contributed by atoms with van der Waals surface area (Å²) in [6, 6.07) is 5.26. The highest BCUT2D eigenvalue weighted by molar-refractivity contribution is 9.10. The molecule has 20 heavy (non-hydrogen) atoms. The van der Waals surface area contributed by atoms with E-state index in [1.54, 1.807) is 0 Å². The smallest absolute Gasteiger partial charge is 0.0351 e. The van der Waals surface area contributed by atoms with Crippen molar-refractivity contribution in [3.63, 3.8) is 0 Å². The molecule has 0 radical (unpaired) electrons. The lowest BCUT2D eigenvalue weighted by Gasteiger charge is -2.28. The molecule has 2 fully saturated rings. The summed E-state index contributed by atoms with van der Waals surface area (Å²) in [5, 5.41) is 3.84. The van der Waals surface area contributed by atoms with Gasteiger partial charge in [0.15, 0.2) is 0 Å². The van der Waals surface area contributed by atoms with Crippen molar-refractivity contribution >= 4 is 15.9 Å². The van der Waals surface area contributed by atoms with E-state index in [-0.39, 0.29) is 0 Å². The van der Waals surface area contributed by atoms with Gasteiger partial charge in [0, 0.05) is 10.5 Å². The molecule has 0 amide bonds. The monoisotopic (exact) mass is 335 g/mol. The maximum Gasteiger partial charge on any atom is 0.0351 e. The van der Waals surface area contributed by atoms with E-state index >= 15 is 0 Å². The summed E-state index contributed by atoms with van der Waals surface area (Å²) in [5.41, 5.74) is 4.32. The van der Waals surface area contributed by atoms with Gasteiger partial charge in [0.25, 0.3) is 0 Å². The van der Waals surface area contributed by atoms with E-state index in [9.17, 15) is 0 Å². The fourth-order valence-electron chi connectivity index (χ4n) is 4.00. The van der Waals surface area contributed by atoms with E-state index < -0.39 is 0 Å². The number of aryl methyl sites for hydroxylation is 2. The van der Waals surface area contributed by atoms with Gasteiger partial charge in [-0.1, -0.05) is 28.9 Å². The van der Waals surface area contributed by atoms with E-state index in [2.05, 4.69) is 54.2 Å². The lowest BCUT2D eigenvalue weighted by atomic mass is 9.86. The Morgan fingerprint density at radius 1 is 1.15 bits per heavy atom. The van der Waals surface area contributed by atoms with Gasteiger partial charge in [0.05, 0.1) is 0 Å². The van der Waals surface area contributed by atoms with Crippen LogP contribution in [-0.2, 0) is 0 Å². The first kappa shape index (κ1) is 14.6. The number of halogens is 1. The van der Waals surface area contributed by atoms with Crippen LogP contribution in [0.5, 0.6) is 0 Å². The molecule has 0 saturated heterocycles. The Hall–Kier alpha value is -0.340. The number of hydrogen-bond donors (Lipinski definition) is 1. The Bertz CT molecular complexity index is 486. The Morgan fingerprint density at radius 3 is 2.50 bits per heavy atom. The predicted octanol–water partition coefficient (Wildman–Crippen LogP) is 5.15. The van der Waals surface area contributed by atoms with Crippen LogP contribution < -0.4 is 5.32 Å². The van der Waals surface area contributed by atoms with Crippen LogP contribution in [0.15, 0.2) is 16.6 Å². The number of benzene rings is 1. The molecule has 3 unspecified atom stereocenters. The van der Waals surface area contributed by atoms with Crippen LogP contribution in [0.4, 0.5) is 0 Å². The highest BCUT2D eigenvalue weighted by Gasteiger charge is 2.48. The first-order chi connectivity index (χ1) is 9.60. The Balaban J connectivity index is 1.86. The van der Waals surface area contributed by atoms with Gasteiger partial charge in [-0.2, -0.15) is 0 Å². The van der Waals surface area contributed by atoms with Crippen LogP contribution in [0.25, 0.3) is 0 Å². The van der Waals surface area contributed by atoms with Gasteiger partial charge in [-0.25, -0.2) is 0 Å². The summed E-state index contributed by atoms with van der Waals surface area (Å²) >= 11 is 3.66. The topological polar surface area (TPSA) is 12.0 Å². The third-order valence-electron chi connectivity index (χ3n) is 5.25. The zero-order valence-corrected chi connectivity index (χ0v) is 14.5. The highest BCUT2D eigenvalue weighted by Crippen LogP contribution is 2.57. The fraction of sp³-hybridized carbons (Fsp3) is 0.667. The first-order valence-corrected chi connectivity index (χ1v) is 8.89. The molecule has 3 atom stereocenters. The quantitative estimate of drug-likeness (QED) is 0.784. The van der Waals surface area contributed by atoms with Gasteiger partial charge in [0.1, 0.15) is 0 Å². The third-order valence-corrected chi connectivity index (χ3v) is 6.10. The standard InChI is InChI=1S/C18H26BrN/c1-4-5-20-18(15-9-13-8-14(13)10-15)16-6-12(3)17(19)7-11(16)2/h6-7,13-15,18,20H,4-5,8-10H2,1-3H3. The minimum atomic E-state index is 0.564. The summed E-state index contributed by atoms with van der Waals surface area (Å²) in [6.45, 7) is 7.85. The van der Waals surface area contributed by atoms with Crippen molar-refractivity contribution in [2.45, 2.75) is 52.5 Å². The van der Waals surface area contributed by atoms with Crippen molar-refractivity contribution in [3.05, 3.63) is 33.3 Å². The Kier molecular flexibility index (Phi) is 4.24. The first-order valence-electron chi connectivity index (χ1n) is 8.10. The van der Waals surface area contributed by atoms with Gasteiger partial charge in [-0.3, -0.25) is 0 Å². The molecule has 3 rings (SSSR count). The van der Waals surface area contributed by atoms with Crippen molar-refractivity contribution in [2.75, 3.05) is 6.54 Å². The minimum Gasteiger partial charge on any atom is -0.310 e. The van der Waals surface area contributed by atoms with Crippen molar-refractivity contribution in [1.82, 2.24) is 5.32 Å². The second-order valence-electron chi connectivity index (χ2n) is 6.88. The van der Waals surface area contributed by atoms with Crippen molar-refractivity contribution in [1.29, 1.82) is 0 Å². The maximum atomic E-state index is 3.84. The predicted molar refractivity (Wildman–Crippen MR) is 89.0 cm³/mol. The second kappa shape index (κ2) is 5.81. The summed E-state index contributed by atoms with van der Waals surface area (Å²) in [7, 11) is 0. The molecule has 110 valence electrons. The molecule has 2 heteroatoms. The normalized spacial score (nSPS) is 29.3. The summed E-state index contributed by atoms with van der Waals surface area (Å²) in [6.07, 6.45) is 5.61. The van der Waals surface area contributed by atoms with E-state index in [0.29, 0.717) is 6.04 Å². The van der Waals surface area contributed by atoms with Crippen LogP contribution >= 0.6 is 15.9 Å². The molecular formula is C18H26BrN. The summed E-state index contributed by atoms with van der Waals surface area (Å²) < 4.78 is 1.24. The van der Waals surface area contributed by atoms with Gasteiger partial charge in [-0.15, -0.1) is 0 Å². The van der Waals surface area contributed by atoms with Gasteiger partial charge in [-0.05, 0) is 86.6 Å². The molecule has 0 heterocycles. The largest absolute Gasteiger partial charge is 0.310 e. The van der Waals surface area contributed by atoms with Gasteiger partial charge in [0.2, 0.25) is 0 Å². The van der Waals surface area contributed by atoms with Crippen LogP contribution in [0.2, 0.25) is 0 Å². The summed E-state index contributed by atoms with van der Waals surface area (Å²) in [4.78, 5) is 0. The average Bonchev–Trinajstić information content (AvgIpc) is 3.02. The minimum absolute atomic E-state index is 0.564. The summed E-state index contributed by atoms with van der Waals surface area (Å²) in [5.74, 6) is 2.97. The fourth-order valence-corrected chi connectivity index (χ4v) is 4.46. The van der Waals surface area contributed by atoms with Crippen LogP contribution in [0.1, 0.15) is 55.3 Å². The van der Waals surface area contributed by atoms with Crippen LogP contribution in [-0.4, -0.2) is 6.54 Å². The average molecular weight is 336 g/mol. The SMILES string of the molecule is CCCNC(c1cc(C)c(Br)cc1C)C1CC2CC2C1. The molecule has 0 aliphatic heterocycles. The number of hydrogen-bond acceptors (Lipinski definition) is 1. The number of rotatable bonds is 5. The lowest BCUT2D eigenvalue weighted by Crippen LogP contribution is -2.29. The molecule has 2 aliphatic carbocycles. The Morgan fingerprint density at radius 2 is 1.85 bits per heavy atom. The molecule has 2 saturated carbocycles. The zero-order valence-electron chi connectivity index (χ0n) is 12.9. The molecule has 1 N–H and O–H groups in total. The highest BCUT2D eigenvalue weighted by atomic mass is 79.9. The zero-order chi connectivity index (χ0) is 14.3. The van der Waals surface area contributed by atoms with E-state index in [0.717, 1.165) is 24.3 Å². The van der Waals surface area contributed by atoms with Crippen molar-refractivity contribution < 1.29 is 0 Å². The lowest BCUT2D eigenvalue weighted by molar-refractivity contribution is 0.340. The second-order valence-corrected chi connectivity index (χ2v) is 7.73. The molecule has 2 aliphatic rings. The van der Waals surface area contributed by atoms with E-state index in [1.165, 1.54) is 46.8 Å². The molecule has 0 spiro atoms. The van der Waals surface area contributed by atoms with Crippen LogP contribution in [0, 0.1) is 31.6 Å². The molecule has 0 bridgehead atoms. The number of nitrogens with one attached hydrogen (secondary N) is 1.